The zero-order chi connectivity index (χ0) is 17.6. The zero-order valence-corrected chi connectivity index (χ0v) is 14.2. The summed E-state index contributed by atoms with van der Waals surface area (Å²) in [5.74, 6) is 0.788. The zero-order valence-electron chi connectivity index (χ0n) is 14.2. The number of rotatable bonds is 3. The van der Waals surface area contributed by atoms with E-state index in [-0.39, 0.29) is 11.1 Å². The van der Waals surface area contributed by atoms with Crippen molar-refractivity contribution in [2.45, 2.75) is 20.4 Å². The summed E-state index contributed by atoms with van der Waals surface area (Å²) >= 11 is 0. The van der Waals surface area contributed by atoms with Crippen molar-refractivity contribution in [3.8, 4) is 5.75 Å². The minimum atomic E-state index is -0.220. The Balaban J connectivity index is 1.84. The van der Waals surface area contributed by atoms with Crippen LogP contribution in [0.15, 0.2) is 46.0 Å². The summed E-state index contributed by atoms with van der Waals surface area (Å²) in [7, 11) is 1.63. The maximum absolute atomic E-state index is 12.8. The first-order valence-corrected chi connectivity index (χ1v) is 7.96. The van der Waals surface area contributed by atoms with Gasteiger partial charge in [0.1, 0.15) is 16.8 Å². The van der Waals surface area contributed by atoms with Crippen molar-refractivity contribution in [3.05, 3.63) is 64.0 Å². The number of pyridine rings is 1. The van der Waals surface area contributed by atoms with Gasteiger partial charge in [0.25, 0.3) is 5.56 Å². The van der Waals surface area contributed by atoms with Crippen molar-refractivity contribution in [2.75, 3.05) is 7.11 Å². The van der Waals surface area contributed by atoms with Crippen LogP contribution in [-0.4, -0.2) is 21.6 Å². The van der Waals surface area contributed by atoms with Crippen LogP contribution >= 0.6 is 0 Å². The number of para-hydroxylation sites is 1. The first-order chi connectivity index (χ1) is 12.1. The quantitative estimate of drug-likeness (QED) is 0.575. The normalized spacial score (nSPS) is 11.3. The first-order valence-electron chi connectivity index (χ1n) is 7.96. The fourth-order valence-electron chi connectivity index (χ4n) is 3.12. The first kappa shape index (κ1) is 15.4. The van der Waals surface area contributed by atoms with E-state index >= 15 is 0 Å². The number of aryl methyl sites for hydroxylation is 1. The average Bonchev–Trinajstić information content (AvgIpc) is 2.99. The molecule has 3 heterocycles. The highest BCUT2D eigenvalue weighted by atomic mass is 16.5. The predicted molar refractivity (Wildman–Crippen MR) is 95.1 cm³/mol. The van der Waals surface area contributed by atoms with E-state index in [1.54, 1.807) is 19.6 Å². The molecule has 0 bridgehead atoms. The number of ether oxygens (including phenoxy) is 1. The topological polar surface area (TPSA) is 70.2 Å². The molecule has 0 atom stereocenters. The molecule has 0 saturated carbocycles. The van der Waals surface area contributed by atoms with Crippen molar-refractivity contribution in [1.29, 1.82) is 0 Å². The number of nitrogens with zero attached hydrogens (tertiary/aromatic N) is 3. The average molecular weight is 335 g/mol. The van der Waals surface area contributed by atoms with E-state index < -0.39 is 0 Å². The Bertz CT molecular complexity index is 1160. The van der Waals surface area contributed by atoms with E-state index in [0.29, 0.717) is 17.6 Å². The highest BCUT2D eigenvalue weighted by molar-refractivity contribution is 6.01. The molecule has 0 saturated heterocycles. The molecule has 0 aliphatic heterocycles. The number of methoxy groups -OCH3 is 1. The molecule has 4 rings (SSSR count). The van der Waals surface area contributed by atoms with E-state index in [2.05, 4.69) is 9.97 Å². The number of benzene rings is 1. The highest BCUT2D eigenvalue weighted by Gasteiger charge is 2.15. The monoisotopic (exact) mass is 335 g/mol. The second-order valence-electron chi connectivity index (χ2n) is 6.00. The number of hydrogen-bond acceptors (Lipinski definition) is 5. The van der Waals surface area contributed by atoms with Crippen LogP contribution in [0.5, 0.6) is 5.75 Å². The minimum Gasteiger partial charge on any atom is -0.496 e. The van der Waals surface area contributed by atoms with Gasteiger partial charge in [-0.3, -0.25) is 14.3 Å². The number of furan rings is 1. The van der Waals surface area contributed by atoms with Gasteiger partial charge in [-0.2, -0.15) is 0 Å². The molecule has 6 nitrogen and oxygen atoms in total. The van der Waals surface area contributed by atoms with Gasteiger partial charge in [0.2, 0.25) is 5.58 Å². The van der Waals surface area contributed by atoms with Crippen molar-refractivity contribution in [1.82, 2.24) is 14.5 Å². The molecule has 0 aliphatic rings. The molecule has 1 aromatic carbocycles. The third kappa shape index (κ3) is 2.38. The van der Waals surface area contributed by atoms with E-state index in [1.807, 2.05) is 38.1 Å². The smallest absolute Gasteiger partial charge is 0.297 e. The van der Waals surface area contributed by atoms with Crippen LogP contribution in [0.3, 0.4) is 0 Å². The number of hydrogen-bond donors (Lipinski definition) is 0. The molecular formula is C19H17N3O3. The van der Waals surface area contributed by atoms with Crippen molar-refractivity contribution < 1.29 is 9.15 Å². The molecule has 0 fully saturated rings. The summed E-state index contributed by atoms with van der Waals surface area (Å²) in [6, 6.07) is 7.50. The van der Waals surface area contributed by atoms with Crippen LogP contribution in [0.4, 0.5) is 0 Å². The summed E-state index contributed by atoms with van der Waals surface area (Å²) in [5, 5.41) is 0.841. The Morgan fingerprint density at radius 1 is 1.20 bits per heavy atom. The summed E-state index contributed by atoms with van der Waals surface area (Å²) in [6.07, 6.45) is 3.29. The summed E-state index contributed by atoms with van der Waals surface area (Å²) in [4.78, 5) is 21.7. The van der Waals surface area contributed by atoms with Crippen LogP contribution < -0.4 is 10.3 Å². The molecule has 126 valence electrons. The Kier molecular flexibility index (Phi) is 3.53. The van der Waals surface area contributed by atoms with Gasteiger partial charge in [0.15, 0.2) is 0 Å². The molecule has 3 aromatic heterocycles. The van der Waals surface area contributed by atoms with E-state index in [9.17, 15) is 4.79 Å². The molecule has 0 radical (unpaired) electrons. The molecule has 4 aromatic rings. The maximum atomic E-state index is 12.8. The predicted octanol–water partition coefficient (Wildman–Crippen LogP) is 3.21. The molecule has 0 unspecified atom stereocenters. The molecule has 6 heteroatoms. The van der Waals surface area contributed by atoms with Gasteiger partial charge in [0, 0.05) is 22.7 Å². The molecule has 0 amide bonds. The van der Waals surface area contributed by atoms with Crippen molar-refractivity contribution in [3.63, 3.8) is 0 Å². The lowest BCUT2D eigenvalue weighted by molar-refractivity contribution is 0.406. The van der Waals surface area contributed by atoms with Gasteiger partial charge < -0.3 is 9.15 Å². The third-order valence-electron chi connectivity index (χ3n) is 4.42. The van der Waals surface area contributed by atoms with Gasteiger partial charge in [-0.1, -0.05) is 12.1 Å². The lowest BCUT2D eigenvalue weighted by Crippen LogP contribution is -2.21. The molecule has 0 N–H and O–H groups in total. The summed E-state index contributed by atoms with van der Waals surface area (Å²) in [5.41, 5.74) is 3.93. The van der Waals surface area contributed by atoms with Crippen LogP contribution in [0.2, 0.25) is 0 Å². The second kappa shape index (κ2) is 5.73. The van der Waals surface area contributed by atoms with Crippen LogP contribution in [0.1, 0.15) is 16.8 Å². The van der Waals surface area contributed by atoms with Crippen LogP contribution in [0, 0.1) is 13.8 Å². The molecular weight excluding hydrogens is 318 g/mol. The molecule has 25 heavy (non-hydrogen) atoms. The summed E-state index contributed by atoms with van der Waals surface area (Å²) in [6.45, 7) is 4.18. The second-order valence-corrected chi connectivity index (χ2v) is 6.00. The summed E-state index contributed by atoms with van der Waals surface area (Å²) < 4.78 is 12.7. The van der Waals surface area contributed by atoms with Gasteiger partial charge in [-0.25, -0.2) is 4.98 Å². The minimum absolute atomic E-state index is 0.220. The van der Waals surface area contributed by atoms with Gasteiger partial charge >= 0.3 is 0 Å². The Morgan fingerprint density at radius 3 is 2.80 bits per heavy atom. The van der Waals surface area contributed by atoms with E-state index in [1.165, 1.54) is 4.57 Å². The maximum Gasteiger partial charge on any atom is 0.297 e. The number of fused-ring (bicyclic) bond motifs is 3. The van der Waals surface area contributed by atoms with Crippen molar-refractivity contribution >= 4 is 22.1 Å². The van der Waals surface area contributed by atoms with Gasteiger partial charge in [-0.05, 0) is 26.0 Å². The van der Waals surface area contributed by atoms with Crippen LogP contribution in [0.25, 0.3) is 22.1 Å². The van der Waals surface area contributed by atoms with Crippen molar-refractivity contribution in [2.24, 2.45) is 0 Å². The Hall–Kier alpha value is -3.15. The molecule has 0 aliphatic carbocycles. The Labute approximate surface area is 143 Å². The van der Waals surface area contributed by atoms with Gasteiger partial charge in [-0.15, -0.1) is 0 Å². The van der Waals surface area contributed by atoms with E-state index in [0.717, 1.165) is 28.0 Å². The lowest BCUT2D eigenvalue weighted by atomic mass is 10.1. The number of aromatic nitrogens is 3. The standard InChI is InChI=1S/C19H17N3O3/c1-11-8-20-14(12(2)17(11)24-3)9-22-10-21-16-13-6-4-5-7-15(13)25-18(16)19(22)23/h4-8,10H,9H2,1-3H3. The van der Waals surface area contributed by atoms with Gasteiger partial charge in [0.05, 0.1) is 25.7 Å². The fraction of sp³-hybridized carbons (Fsp3) is 0.211. The van der Waals surface area contributed by atoms with E-state index in [4.69, 9.17) is 9.15 Å². The third-order valence-corrected chi connectivity index (χ3v) is 4.42. The lowest BCUT2D eigenvalue weighted by Gasteiger charge is -2.12. The molecule has 0 spiro atoms. The highest BCUT2D eigenvalue weighted by Crippen LogP contribution is 2.26. The van der Waals surface area contributed by atoms with Crippen LogP contribution in [-0.2, 0) is 6.54 Å². The SMILES string of the molecule is COc1c(C)cnc(Cn2cnc3c(oc4ccccc43)c2=O)c1C. The Morgan fingerprint density at radius 2 is 2.00 bits per heavy atom. The largest absolute Gasteiger partial charge is 0.496 e. The fourth-order valence-corrected chi connectivity index (χ4v) is 3.12.